The molecule has 8 nitrogen and oxygen atoms in total. The van der Waals surface area contributed by atoms with Crippen LogP contribution in [-0.4, -0.2) is 19.9 Å². The molecule has 43 heavy (non-hydrogen) atoms. The van der Waals surface area contributed by atoms with Gasteiger partial charge in [0.2, 0.25) is 11.4 Å². The van der Waals surface area contributed by atoms with Crippen LogP contribution >= 0.6 is 43.5 Å². The Morgan fingerprint density at radius 3 is 1.70 bits per heavy atom. The molecule has 11 heteroatoms. The lowest BCUT2D eigenvalue weighted by atomic mass is 10.1. The van der Waals surface area contributed by atoms with Gasteiger partial charge < -0.3 is 19.9 Å². The molecule has 4 aromatic heterocycles. The summed E-state index contributed by atoms with van der Waals surface area (Å²) >= 11 is 12.7. The van der Waals surface area contributed by atoms with Crippen molar-refractivity contribution in [1.29, 1.82) is 0 Å². The van der Waals surface area contributed by atoms with Gasteiger partial charge in [-0.2, -0.15) is 9.97 Å². The van der Waals surface area contributed by atoms with E-state index >= 15 is 0 Å². The number of hydrogen-bond acceptors (Lipinski definition) is 8. The van der Waals surface area contributed by atoms with Crippen molar-refractivity contribution in [3.8, 4) is 0 Å². The van der Waals surface area contributed by atoms with Gasteiger partial charge in [-0.15, -0.1) is 0 Å². The molecule has 4 heterocycles. The molecule has 0 unspecified atom stereocenters. The molecule has 3 N–H and O–H groups in total. The second kappa shape index (κ2) is 14.4. The number of rotatable bonds is 4. The summed E-state index contributed by atoms with van der Waals surface area (Å²) in [6, 6.07) is 20.4. The van der Waals surface area contributed by atoms with E-state index < -0.39 is 0 Å². The number of fused-ring (bicyclic) bond motifs is 2. The molecule has 6 aromatic rings. The fourth-order valence-electron chi connectivity index (χ4n) is 4.17. The number of halogens is 3. The van der Waals surface area contributed by atoms with Gasteiger partial charge in [-0.05, 0) is 89.1 Å². The van der Waals surface area contributed by atoms with E-state index in [9.17, 15) is 0 Å². The number of aryl methyl sites for hydroxylation is 4. The number of aromatic nitrogens is 4. The average molecular weight is 729 g/mol. The van der Waals surface area contributed by atoms with Gasteiger partial charge in [0, 0.05) is 21.0 Å². The van der Waals surface area contributed by atoms with E-state index in [2.05, 4.69) is 76.2 Å². The molecule has 0 fully saturated rings. The summed E-state index contributed by atoms with van der Waals surface area (Å²) in [5.74, 6) is 3.77. The first-order chi connectivity index (χ1) is 20.4. The predicted octanol–water partition coefficient (Wildman–Crippen LogP) is 9.74. The Morgan fingerprint density at radius 1 is 0.698 bits per heavy atom. The largest absolute Gasteiger partial charge is 0.443 e. The van der Waals surface area contributed by atoms with E-state index in [4.69, 9.17) is 26.2 Å². The third kappa shape index (κ3) is 8.86. The number of furan rings is 2. The van der Waals surface area contributed by atoms with Gasteiger partial charge in [0.05, 0.1) is 10.8 Å². The summed E-state index contributed by atoms with van der Waals surface area (Å²) in [5, 5.41) is 5.60. The smallest absolute Gasteiger partial charge is 0.231 e. The van der Waals surface area contributed by atoms with Gasteiger partial charge in [0.15, 0.2) is 0 Å². The number of anilines is 1. The van der Waals surface area contributed by atoms with Crippen LogP contribution in [0.1, 0.15) is 60.2 Å². The van der Waals surface area contributed by atoms with Gasteiger partial charge in [-0.25, -0.2) is 9.97 Å². The van der Waals surface area contributed by atoms with Gasteiger partial charge in [0.25, 0.3) is 0 Å². The highest BCUT2D eigenvalue weighted by molar-refractivity contribution is 9.10. The molecule has 0 amide bonds. The third-order valence-electron chi connectivity index (χ3n) is 6.33. The monoisotopic (exact) mass is 726 g/mol. The van der Waals surface area contributed by atoms with E-state index in [-0.39, 0.29) is 12.1 Å². The Kier molecular flexibility index (Phi) is 10.9. The minimum absolute atomic E-state index is 0.132. The van der Waals surface area contributed by atoms with Crippen molar-refractivity contribution >= 4 is 71.5 Å². The van der Waals surface area contributed by atoms with E-state index in [0.29, 0.717) is 28.2 Å². The number of nitrogens with zero attached hydrogens (tertiary/aromatic N) is 4. The summed E-state index contributed by atoms with van der Waals surface area (Å²) in [4.78, 5) is 16.9. The maximum absolute atomic E-state index is 5.86. The molecule has 0 aliphatic heterocycles. The Bertz CT molecular complexity index is 1820. The summed E-state index contributed by atoms with van der Waals surface area (Å²) in [6.07, 6.45) is 0. The fraction of sp³-hybridized carbons (Fsp3) is 0.250. The Balaban J connectivity index is 0.000000163. The number of hydrogen-bond donors (Lipinski definition) is 2. The maximum atomic E-state index is 5.86. The van der Waals surface area contributed by atoms with Crippen molar-refractivity contribution in [2.45, 2.75) is 53.6 Å². The molecule has 0 spiro atoms. The van der Waals surface area contributed by atoms with Crippen LogP contribution in [0.3, 0.4) is 0 Å². The number of nitrogens with two attached hydrogens (primary N) is 1. The summed E-state index contributed by atoms with van der Waals surface area (Å²) < 4.78 is 13.1. The first-order valence-electron chi connectivity index (χ1n) is 13.6. The molecule has 0 bridgehead atoms. The van der Waals surface area contributed by atoms with Crippen molar-refractivity contribution < 1.29 is 8.83 Å². The summed E-state index contributed by atoms with van der Waals surface area (Å²) in [7, 11) is 0. The zero-order chi connectivity index (χ0) is 31.3. The van der Waals surface area contributed by atoms with Crippen LogP contribution in [0.4, 0.5) is 5.82 Å². The Hall–Kier alpha value is -3.31. The highest BCUT2D eigenvalue weighted by Gasteiger charge is 2.13. The van der Waals surface area contributed by atoms with Crippen LogP contribution in [-0.2, 0) is 0 Å². The zero-order valence-corrected chi connectivity index (χ0v) is 28.7. The molecular weight excluding hydrogens is 696 g/mol. The SMILES string of the molecule is C[C@H](N)c1ccc(Br)cc1.Cc1nc(Cl)c2cc(C)oc2n1.Cc1nc(N[C@@H](C)c2ccc(Br)cc2)c2cc(C)oc2n1. The lowest BCUT2D eigenvalue weighted by Gasteiger charge is -2.15. The number of benzene rings is 2. The lowest BCUT2D eigenvalue weighted by Crippen LogP contribution is -2.09. The molecule has 6 rings (SSSR count). The molecule has 2 aromatic carbocycles. The van der Waals surface area contributed by atoms with Crippen LogP contribution in [0, 0.1) is 27.7 Å². The van der Waals surface area contributed by atoms with Gasteiger partial charge in [0.1, 0.15) is 34.1 Å². The number of nitrogens with one attached hydrogen (secondary N) is 1. The maximum Gasteiger partial charge on any atom is 0.231 e. The van der Waals surface area contributed by atoms with Crippen molar-refractivity contribution in [1.82, 2.24) is 19.9 Å². The first-order valence-corrected chi connectivity index (χ1v) is 15.5. The van der Waals surface area contributed by atoms with Crippen LogP contribution in [0.5, 0.6) is 0 Å². The molecule has 0 saturated heterocycles. The van der Waals surface area contributed by atoms with Crippen LogP contribution in [0.25, 0.3) is 22.2 Å². The Labute approximate surface area is 272 Å². The van der Waals surface area contributed by atoms with Crippen molar-refractivity contribution in [2.24, 2.45) is 5.73 Å². The molecule has 0 aliphatic rings. The van der Waals surface area contributed by atoms with Crippen molar-refractivity contribution in [3.05, 3.63) is 109 Å². The highest BCUT2D eigenvalue weighted by atomic mass is 79.9. The zero-order valence-electron chi connectivity index (χ0n) is 24.7. The topological polar surface area (TPSA) is 116 Å². The van der Waals surface area contributed by atoms with E-state index in [1.807, 2.05) is 76.2 Å². The van der Waals surface area contributed by atoms with Crippen molar-refractivity contribution in [2.75, 3.05) is 5.32 Å². The molecular formula is C32H33Br2ClN6O2. The van der Waals surface area contributed by atoms with Crippen LogP contribution < -0.4 is 11.1 Å². The molecule has 0 aliphatic carbocycles. The van der Waals surface area contributed by atoms with Gasteiger partial charge in [-0.1, -0.05) is 67.7 Å². The minimum atomic E-state index is 0.132. The molecule has 224 valence electrons. The summed E-state index contributed by atoms with van der Waals surface area (Å²) in [6.45, 7) is 11.5. The predicted molar refractivity (Wildman–Crippen MR) is 180 cm³/mol. The van der Waals surface area contributed by atoms with Gasteiger partial charge >= 0.3 is 0 Å². The normalized spacial score (nSPS) is 12.2. The van der Waals surface area contributed by atoms with E-state index in [0.717, 1.165) is 37.1 Å². The lowest BCUT2D eigenvalue weighted by molar-refractivity contribution is 0.565. The molecule has 2 atom stereocenters. The second-order valence-electron chi connectivity index (χ2n) is 10.1. The molecule has 0 radical (unpaired) electrons. The van der Waals surface area contributed by atoms with E-state index in [1.54, 1.807) is 6.92 Å². The second-order valence-corrected chi connectivity index (χ2v) is 12.3. The van der Waals surface area contributed by atoms with Gasteiger partial charge in [-0.3, -0.25) is 0 Å². The Morgan fingerprint density at radius 2 is 1.16 bits per heavy atom. The van der Waals surface area contributed by atoms with Crippen LogP contribution in [0.15, 0.2) is 78.4 Å². The van der Waals surface area contributed by atoms with Crippen LogP contribution in [0.2, 0.25) is 5.15 Å². The average Bonchev–Trinajstić information content (AvgIpc) is 3.51. The third-order valence-corrected chi connectivity index (χ3v) is 7.67. The first kappa shape index (κ1) is 32.6. The van der Waals surface area contributed by atoms with Crippen molar-refractivity contribution in [3.63, 3.8) is 0 Å². The standard InChI is InChI=1S/C16H16BrN3O.C8H10BrN.C8H7ClN2O/c1-9-8-14-15(19-11(3)20-16(14)21-9)18-10(2)12-4-6-13(17)7-5-12;1-6(10)7-2-4-8(9)5-3-7;1-4-3-6-7(9)10-5(2)11-8(6)12-4/h4-8,10H,1-3H3,(H,18,19,20);2-6H,10H2,1H3;3H,1-2H3/t10-;6-;/m00./s1. The molecule has 0 saturated carbocycles. The minimum Gasteiger partial charge on any atom is -0.443 e. The fourth-order valence-corrected chi connectivity index (χ4v) is 4.96. The van der Waals surface area contributed by atoms with E-state index in [1.165, 1.54) is 11.1 Å². The highest BCUT2D eigenvalue weighted by Crippen LogP contribution is 2.28. The summed E-state index contributed by atoms with van der Waals surface area (Å²) in [5.41, 5.74) is 9.21. The quantitative estimate of drug-likeness (QED) is 0.173.